The maximum Gasteiger partial charge on any atom is 0.306 e. The first kappa shape index (κ1) is 8.31. The molecule has 0 aliphatic carbocycles. The molecule has 0 amide bonds. The molecule has 62 valence electrons. The van der Waals surface area contributed by atoms with Gasteiger partial charge in [0.25, 0.3) is 0 Å². The zero-order valence-electron chi connectivity index (χ0n) is 6.71. The van der Waals surface area contributed by atoms with E-state index < -0.39 is 0 Å². The molecule has 0 aromatic heterocycles. The summed E-state index contributed by atoms with van der Waals surface area (Å²) in [6, 6.07) is 0. The summed E-state index contributed by atoms with van der Waals surface area (Å²) < 4.78 is 4.95. The van der Waals surface area contributed by atoms with Gasteiger partial charge in [0.05, 0.1) is 6.61 Å². The van der Waals surface area contributed by atoms with Crippen molar-refractivity contribution in [1.29, 1.82) is 0 Å². The smallest absolute Gasteiger partial charge is 0.306 e. The SMILES string of the molecule is O=C1CCC=CCCCCO1. The quantitative estimate of drug-likeness (QED) is 0.394. The van der Waals surface area contributed by atoms with Gasteiger partial charge in [0.2, 0.25) is 0 Å². The molecule has 1 heterocycles. The maximum absolute atomic E-state index is 10.8. The van der Waals surface area contributed by atoms with Gasteiger partial charge in [0, 0.05) is 6.42 Å². The molecule has 0 saturated carbocycles. The Labute approximate surface area is 67.2 Å². The summed E-state index contributed by atoms with van der Waals surface area (Å²) >= 11 is 0. The number of cyclic esters (lactones) is 1. The van der Waals surface area contributed by atoms with E-state index in [0.29, 0.717) is 13.0 Å². The molecule has 0 N–H and O–H groups in total. The fourth-order valence-corrected chi connectivity index (χ4v) is 1.06. The van der Waals surface area contributed by atoms with Gasteiger partial charge in [0.1, 0.15) is 0 Å². The lowest BCUT2D eigenvalue weighted by Gasteiger charge is -2.04. The van der Waals surface area contributed by atoms with E-state index in [9.17, 15) is 4.79 Å². The molecule has 1 aliphatic rings. The minimum Gasteiger partial charge on any atom is -0.466 e. The molecule has 2 nitrogen and oxygen atoms in total. The molecule has 0 unspecified atom stereocenters. The Hall–Kier alpha value is -0.790. The number of carbonyl (C=O) groups is 1. The normalized spacial score (nSPS) is 20.9. The molecule has 0 radical (unpaired) electrons. The van der Waals surface area contributed by atoms with Crippen LogP contribution in [0.2, 0.25) is 0 Å². The number of rotatable bonds is 0. The Balaban J connectivity index is 2.29. The first-order chi connectivity index (χ1) is 5.39. The minimum atomic E-state index is -0.0587. The molecule has 0 aromatic rings. The van der Waals surface area contributed by atoms with E-state index in [2.05, 4.69) is 12.2 Å². The molecular formula is C9H14O2. The van der Waals surface area contributed by atoms with Crippen LogP contribution in [-0.2, 0) is 9.53 Å². The molecule has 2 heteroatoms. The minimum absolute atomic E-state index is 0.0587. The molecule has 1 aliphatic heterocycles. The van der Waals surface area contributed by atoms with Crippen molar-refractivity contribution in [3.63, 3.8) is 0 Å². The van der Waals surface area contributed by atoms with E-state index in [1.165, 1.54) is 0 Å². The van der Waals surface area contributed by atoms with Gasteiger partial charge in [-0.25, -0.2) is 0 Å². The van der Waals surface area contributed by atoms with Crippen LogP contribution in [0, 0.1) is 0 Å². The average Bonchev–Trinajstić information content (AvgIpc) is 2.03. The zero-order valence-corrected chi connectivity index (χ0v) is 6.71. The van der Waals surface area contributed by atoms with Crippen molar-refractivity contribution in [2.75, 3.05) is 6.61 Å². The lowest BCUT2D eigenvalue weighted by molar-refractivity contribution is -0.143. The number of ether oxygens (including phenoxy) is 1. The monoisotopic (exact) mass is 154 g/mol. The third-order valence-electron chi connectivity index (χ3n) is 1.71. The second-order valence-electron chi connectivity index (χ2n) is 2.73. The summed E-state index contributed by atoms with van der Waals surface area (Å²) in [5.74, 6) is -0.0587. The summed E-state index contributed by atoms with van der Waals surface area (Å²) in [6.07, 6.45) is 8.83. The van der Waals surface area contributed by atoms with Crippen molar-refractivity contribution in [2.24, 2.45) is 0 Å². The number of hydrogen-bond acceptors (Lipinski definition) is 2. The van der Waals surface area contributed by atoms with Gasteiger partial charge >= 0.3 is 5.97 Å². The first-order valence-corrected chi connectivity index (χ1v) is 4.20. The van der Waals surface area contributed by atoms with E-state index in [1.54, 1.807) is 0 Å². The van der Waals surface area contributed by atoms with Crippen molar-refractivity contribution in [2.45, 2.75) is 32.1 Å². The molecule has 0 saturated heterocycles. The second-order valence-corrected chi connectivity index (χ2v) is 2.73. The van der Waals surface area contributed by atoms with E-state index in [4.69, 9.17) is 4.74 Å². The Morgan fingerprint density at radius 2 is 2.00 bits per heavy atom. The van der Waals surface area contributed by atoms with Gasteiger partial charge in [-0.05, 0) is 25.7 Å². The Morgan fingerprint density at radius 1 is 1.18 bits per heavy atom. The van der Waals surface area contributed by atoms with Crippen LogP contribution in [0.4, 0.5) is 0 Å². The topological polar surface area (TPSA) is 26.3 Å². The highest BCUT2D eigenvalue weighted by Crippen LogP contribution is 2.03. The van der Waals surface area contributed by atoms with Crippen molar-refractivity contribution in [3.05, 3.63) is 12.2 Å². The van der Waals surface area contributed by atoms with Crippen LogP contribution in [-0.4, -0.2) is 12.6 Å². The van der Waals surface area contributed by atoms with Gasteiger partial charge in [-0.15, -0.1) is 0 Å². The molecular weight excluding hydrogens is 140 g/mol. The van der Waals surface area contributed by atoms with Gasteiger partial charge in [-0.3, -0.25) is 4.79 Å². The molecule has 0 atom stereocenters. The van der Waals surface area contributed by atoms with Crippen LogP contribution in [0.3, 0.4) is 0 Å². The molecule has 0 bridgehead atoms. The van der Waals surface area contributed by atoms with Crippen LogP contribution in [0.5, 0.6) is 0 Å². The van der Waals surface area contributed by atoms with Gasteiger partial charge < -0.3 is 4.74 Å². The van der Waals surface area contributed by atoms with E-state index in [-0.39, 0.29) is 5.97 Å². The highest BCUT2D eigenvalue weighted by Gasteiger charge is 2.01. The number of esters is 1. The first-order valence-electron chi connectivity index (χ1n) is 4.20. The summed E-state index contributed by atoms with van der Waals surface area (Å²) in [5.41, 5.74) is 0. The van der Waals surface area contributed by atoms with Crippen LogP contribution in [0.25, 0.3) is 0 Å². The number of carbonyl (C=O) groups excluding carboxylic acids is 1. The van der Waals surface area contributed by atoms with Gasteiger partial charge in [0.15, 0.2) is 0 Å². The van der Waals surface area contributed by atoms with Crippen LogP contribution >= 0.6 is 0 Å². The third kappa shape index (κ3) is 3.81. The summed E-state index contributed by atoms with van der Waals surface area (Å²) in [7, 11) is 0. The lowest BCUT2D eigenvalue weighted by atomic mass is 10.2. The van der Waals surface area contributed by atoms with E-state index in [1.807, 2.05) is 0 Å². The summed E-state index contributed by atoms with van der Waals surface area (Å²) in [5, 5.41) is 0. The molecule has 1 rings (SSSR count). The van der Waals surface area contributed by atoms with Gasteiger partial charge in [-0.2, -0.15) is 0 Å². The van der Waals surface area contributed by atoms with Crippen LogP contribution < -0.4 is 0 Å². The van der Waals surface area contributed by atoms with Crippen molar-refractivity contribution in [3.8, 4) is 0 Å². The standard InChI is InChI=1S/C9H14O2/c10-9-7-5-3-1-2-4-6-8-11-9/h1,3H,2,4-8H2. The molecule has 0 fully saturated rings. The van der Waals surface area contributed by atoms with Crippen molar-refractivity contribution < 1.29 is 9.53 Å². The fraction of sp³-hybridized carbons (Fsp3) is 0.667. The van der Waals surface area contributed by atoms with E-state index >= 15 is 0 Å². The third-order valence-corrected chi connectivity index (χ3v) is 1.71. The number of allylic oxidation sites excluding steroid dienone is 2. The predicted molar refractivity (Wildman–Crippen MR) is 43.2 cm³/mol. The van der Waals surface area contributed by atoms with Crippen LogP contribution in [0.15, 0.2) is 12.2 Å². The maximum atomic E-state index is 10.8. The number of hydrogen-bond donors (Lipinski definition) is 0. The van der Waals surface area contributed by atoms with Gasteiger partial charge in [-0.1, -0.05) is 12.2 Å². The summed E-state index contributed by atoms with van der Waals surface area (Å²) in [6.45, 7) is 0.604. The molecule has 0 aromatic carbocycles. The Bertz CT molecular complexity index is 150. The Morgan fingerprint density at radius 3 is 2.91 bits per heavy atom. The zero-order chi connectivity index (χ0) is 7.94. The van der Waals surface area contributed by atoms with Crippen molar-refractivity contribution >= 4 is 5.97 Å². The van der Waals surface area contributed by atoms with Crippen LogP contribution in [0.1, 0.15) is 32.1 Å². The lowest BCUT2D eigenvalue weighted by Crippen LogP contribution is -2.05. The molecule has 0 spiro atoms. The van der Waals surface area contributed by atoms with E-state index in [0.717, 1.165) is 25.7 Å². The molecule has 11 heavy (non-hydrogen) atoms. The Kier molecular flexibility index (Phi) is 3.73. The average molecular weight is 154 g/mol. The largest absolute Gasteiger partial charge is 0.466 e. The summed E-state index contributed by atoms with van der Waals surface area (Å²) in [4.78, 5) is 10.8. The van der Waals surface area contributed by atoms with Crippen molar-refractivity contribution in [1.82, 2.24) is 0 Å². The highest BCUT2D eigenvalue weighted by molar-refractivity contribution is 5.69. The fourth-order valence-electron chi connectivity index (χ4n) is 1.06. The predicted octanol–water partition coefficient (Wildman–Crippen LogP) is 2.05. The second kappa shape index (κ2) is 4.94. The highest BCUT2D eigenvalue weighted by atomic mass is 16.5.